The van der Waals surface area contributed by atoms with Crippen LogP contribution in [0.1, 0.15) is 21.1 Å². The third-order valence-corrected chi connectivity index (χ3v) is 3.75. The zero-order valence-corrected chi connectivity index (χ0v) is 12.2. The minimum atomic E-state index is -0.139. The van der Waals surface area contributed by atoms with E-state index in [0.29, 0.717) is 16.7 Å². The fourth-order valence-corrected chi connectivity index (χ4v) is 2.51. The Morgan fingerprint density at radius 1 is 1.29 bits per heavy atom. The van der Waals surface area contributed by atoms with Gasteiger partial charge in [0.05, 0.1) is 11.4 Å². The van der Waals surface area contributed by atoms with Gasteiger partial charge in [0.15, 0.2) is 0 Å². The molecule has 0 atom stereocenters. The molecule has 1 amide bonds. The molecule has 3 rings (SSSR count). The molecule has 0 saturated heterocycles. The van der Waals surface area contributed by atoms with Gasteiger partial charge in [-0.05, 0) is 30.5 Å². The number of hydrogen-bond acceptors (Lipinski definition) is 5. The quantitative estimate of drug-likeness (QED) is 0.804. The summed E-state index contributed by atoms with van der Waals surface area (Å²) in [6.45, 7) is 2.22. The van der Waals surface area contributed by atoms with Crippen LogP contribution in [0.25, 0.3) is 11.5 Å². The van der Waals surface area contributed by atoms with Crippen molar-refractivity contribution < 1.29 is 9.21 Å². The van der Waals surface area contributed by atoms with E-state index in [4.69, 9.17) is 4.42 Å². The van der Waals surface area contributed by atoms with Crippen LogP contribution >= 0.6 is 11.3 Å². The molecule has 0 fully saturated rings. The molecule has 5 nitrogen and oxygen atoms in total. The number of benzene rings is 1. The highest BCUT2D eigenvalue weighted by Gasteiger charge is 2.11. The van der Waals surface area contributed by atoms with Crippen molar-refractivity contribution in [3.8, 4) is 11.5 Å². The van der Waals surface area contributed by atoms with E-state index in [1.807, 2.05) is 42.6 Å². The van der Waals surface area contributed by atoms with Crippen LogP contribution in [0.3, 0.4) is 0 Å². The summed E-state index contributed by atoms with van der Waals surface area (Å²) in [6.07, 6.45) is 0. The maximum absolute atomic E-state index is 11.8. The molecular weight excluding hydrogens is 286 g/mol. The first kappa shape index (κ1) is 13.5. The number of carbonyl (C=O) groups excluding carboxylic acids is 1. The Morgan fingerprint density at radius 2 is 2.19 bits per heavy atom. The first-order chi connectivity index (χ1) is 10.2. The Kier molecular flexibility index (Phi) is 3.79. The molecule has 0 bridgehead atoms. The molecule has 0 spiro atoms. The molecule has 2 heterocycles. The number of amides is 1. The number of carbonyl (C=O) groups is 1. The summed E-state index contributed by atoms with van der Waals surface area (Å²) in [5, 5.41) is 12.6. The van der Waals surface area contributed by atoms with E-state index >= 15 is 0 Å². The molecule has 0 aliphatic rings. The fourth-order valence-electron chi connectivity index (χ4n) is 1.87. The summed E-state index contributed by atoms with van der Waals surface area (Å²) in [7, 11) is 0. The van der Waals surface area contributed by atoms with Gasteiger partial charge in [0, 0.05) is 5.56 Å². The van der Waals surface area contributed by atoms with Crippen LogP contribution in [0.5, 0.6) is 0 Å². The zero-order chi connectivity index (χ0) is 14.7. The highest BCUT2D eigenvalue weighted by molar-refractivity contribution is 7.12. The van der Waals surface area contributed by atoms with Gasteiger partial charge < -0.3 is 9.73 Å². The van der Waals surface area contributed by atoms with Crippen molar-refractivity contribution in [3.05, 3.63) is 58.1 Å². The predicted molar refractivity (Wildman–Crippen MR) is 80.0 cm³/mol. The average molecular weight is 299 g/mol. The second kappa shape index (κ2) is 5.88. The van der Waals surface area contributed by atoms with Gasteiger partial charge in [-0.1, -0.05) is 23.8 Å². The molecule has 2 aromatic heterocycles. The predicted octanol–water partition coefficient (Wildman–Crippen LogP) is 3.04. The molecule has 0 saturated carbocycles. The van der Waals surface area contributed by atoms with E-state index in [1.54, 1.807) is 6.07 Å². The van der Waals surface area contributed by atoms with Crippen LogP contribution in [0.15, 0.2) is 46.2 Å². The smallest absolute Gasteiger partial charge is 0.261 e. The Balaban J connectivity index is 1.67. The number of aryl methyl sites for hydroxylation is 1. The van der Waals surface area contributed by atoms with Gasteiger partial charge in [-0.25, -0.2) is 0 Å². The maximum atomic E-state index is 11.8. The van der Waals surface area contributed by atoms with Crippen LogP contribution < -0.4 is 5.32 Å². The van der Waals surface area contributed by atoms with E-state index in [1.165, 1.54) is 11.3 Å². The molecule has 1 N–H and O–H groups in total. The number of hydrogen-bond donors (Lipinski definition) is 1. The van der Waals surface area contributed by atoms with Gasteiger partial charge in [0.2, 0.25) is 11.8 Å². The number of nitrogens with zero attached hydrogens (tertiary/aromatic N) is 2. The van der Waals surface area contributed by atoms with Crippen molar-refractivity contribution in [1.29, 1.82) is 0 Å². The van der Waals surface area contributed by atoms with Crippen molar-refractivity contribution in [2.45, 2.75) is 13.5 Å². The maximum Gasteiger partial charge on any atom is 0.261 e. The van der Waals surface area contributed by atoms with Crippen molar-refractivity contribution >= 4 is 17.2 Å². The summed E-state index contributed by atoms with van der Waals surface area (Å²) < 4.78 is 5.56. The van der Waals surface area contributed by atoms with E-state index < -0.39 is 0 Å². The molecule has 0 unspecified atom stereocenters. The summed E-state index contributed by atoms with van der Waals surface area (Å²) in [6, 6.07) is 11.4. The van der Waals surface area contributed by atoms with Crippen molar-refractivity contribution in [3.63, 3.8) is 0 Å². The third kappa shape index (κ3) is 3.17. The normalized spacial score (nSPS) is 10.5. The largest absolute Gasteiger partial charge is 0.419 e. The topological polar surface area (TPSA) is 68.0 Å². The van der Waals surface area contributed by atoms with Crippen LogP contribution in [-0.4, -0.2) is 16.1 Å². The molecule has 3 aromatic rings. The molecular formula is C15H13N3O2S. The molecule has 6 heteroatoms. The van der Waals surface area contributed by atoms with Crippen LogP contribution in [-0.2, 0) is 6.54 Å². The Hall–Kier alpha value is -2.47. The van der Waals surface area contributed by atoms with Crippen molar-refractivity contribution in [2.75, 3.05) is 0 Å². The summed E-state index contributed by atoms with van der Waals surface area (Å²) in [4.78, 5) is 12.5. The van der Waals surface area contributed by atoms with Crippen LogP contribution in [0.2, 0.25) is 0 Å². The third-order valence-electron chi connectivity index (χ3n) is 2.88. The van der Waals surface area contributed by atoms with Gasteiger partial charge >= 0.3 is 0 Å². The monoisotopic (exact) mass is 299 g/mol. The average Bonchev–Trinajstić information content (AvgIpc) is 3.16. The lowest BCUT2D eigenvalue weighted by Gasteiger charge is -1.99. The lowest BCUT2D eigenvalue weighted by atomic mass is 10.1. The van der Waals surface area contributed by atoms with E-state index in [9.17, 15) is 4.79 Å². The first-order valence-electron chi connectivity index (χ1n) is 6.43. The van der Waals surface area contributed by atoms with E-state index in [0.717, 1.165) is 11.1 Å². The highest BCUT2D eigenvalue weighted by atomic mass is 32.1. The van der Waals surface area contributed by atoms with E-state index in [-0.39, 0.29) is 12.5 Å². The molecule has 0 aliphatic heterocycles. The van der Waals surface area contributed by atoms with Gasteiger partial charge in [0.1, 0.15) is 0 Å². The minimum Gasteiger partial charge on any atom is -0.419 e. The van der Waals surface area contributed by atoms with Gasteiger partial charge in [-0.15, -0.1) is 21.5 Å². The van der Waals surface area contributed by atoms with Gasteiger partial charge in [-0.2, -0.15) is 0 Å². The molecule has 1 aromatic carbocycles. The Bertz CT molecular complexity index is 750. The van der Waals surface area contributed by atoms with Gasteiger partial charge in [-0.3, -0.25) is 4.79 Å². The Morgan fingerprint density at radius 3 is 2.95 bits per heavy atom. The minimum absolute atomic E-state index is 0.139. The van der Waals surface area contributed by atoms with Crippen LogP contribution in [0, 0.1) is 6.92 Å². The molecule has 0 aliphatic carbocycles. The summed E-state index contributed by atoms with van der Waals surface area (Å²) >= 11 is 1.39. The summed E-state index contributed by atoms with van der Waals surface area (Å²) in [5.74, 6) is 0.704. The lowest BCUT2D eigenvalue weighted by molar-refractivity contribution is 0.0951. The van der Waals surface area contributed by atoms with Gasteiger partial charge in [0.25, 0.3) is 5.91 Å². The van der Waals surface area contributed by atoms with Crippen molar-refractivity contribution in [1.82, 2.24) is 15.5 Å². The first-order valence-corrected chi connectivity index (χ1v) is 7.31. The summed E-state index contributed by atoms with van der Waals surface area (Å²) in [5.41, 5.74) is 2.00. The lowest BCUT2D eigenvalue weighted by Crippen LogP contribution is -2.21. The second-order valence-corrected chi connectivity index (χ2v) is 5.48. The Labute approximate surface area is 125 Å². The molecule has 106 valence electrons. The number of aromatic nitrogens is 2. The number of rotatable bonds is 4. The molecule has 0 radical (unpaired) electrons. The highest BCUT2D eigenvalue weighted by Crippen LogP contribution is 2.18. The molecule has 21 heavy (non-hydrogen) atoms. The number of nitrogens with one attached hydrogen (secondary N) is 1. The van der Waals surface area contributed by atoms with Crippen molar-refractivity contribution in [2.24, 2.45) is 0 Å². The number of thiophene rings is 1. The zero-order valence-electron chi connectivity index (χ0n) is 11.4. The second-order valence-electron chi connectivity index (χ2n) is 4.53. The van der Waals surface area contributed by atoms with Crippen LogP contribution in [0.4, 0.5) is 0 Å². The standard InChI is InChI=1S/C15H13N3O2S/c1-10-4-2-5-11(8-10)15-18-17-13(20-15)9-16-14(19)12-6-3-7-21-12/h2-8H,9H2,1H3,(H,16,19). The van der Waals surface area contributed by atoms with E-state index in [2.05, 4.69) is 15.5 Å². The fraction of sp³-hybridized carbons (Fsp3) is 0.133. The SMILES string of the molecule is Cc1cccc(-c2nnc(CNC(=O)c3cccs3)o2)c1.